The quantitative estimate of drug-likeness (QED) is 0.771. The maximum Gasteiger partial charge on any atom is 0.317 e. The van der Waals surface area contributed by atoms with E-state index in [2.05, 4.69) is 35.7 Å². The van der Waals surface area contributed by atoms with Crippen molar-refractivity contribution in [3.8, 4) is 0 Å². The molecular weight excluding hydrogens is 252 g/mol. The molecule has 1 aliphatic rings. The molecule has 108 valence electrons. The van der Waals surface area contributed by atoms with Crippen LogP contribution in [0.25, 0.3) is 0 Å². The summed E-state index contributed by atoms with van der Waals surface area (Å²) >= 11 is 0. The minimum absolute atomic E-state index is 0.0931. The molecule has 20 heavy (non-hydrogen) atoms. The molecule has 2 rings (SSSR count). The standard InChI is InChI=1S/C16H22N2O2/c1-2-9-18(13-16(19)20)15-8-10-17(12-15)11-14-6-4-3-5-7-14/h2-7,15H,1,8-13H2,(H,19,20). The van der Waals surface area contributed by atoms with Gasteiger partial charge in [0.15, 0.2) is 0 Å². The van der Waals surface area contributed by atoms with Gasteiger partial charge < -0.3 is 5.11 Å². The smallest absolute Gasteiger partial charge is 0.317 e. The van der Waals surface area contributed by atoms with E-state index in [9.17, 15) is 4.79 Å². The second kappa shape index (κ2) is 7.22. The van der Waals surface area contributed by atoms with Crippen molar-refractivity contribution in [3.05, 3.63) is 48.6 Å². The molecule has 1 fully saturated rings. The zero-order chi connectivity index (χ0) is 14.4. The Bertz CT molecular complexity index is 447. The van der Waals surface area contributed by atoms with Gasteiger partial charge in [-0.05, 0) is 12.0 Å². The van der Waals surface area contributed by atoms with Crippen LogP contribution < -0.4 is 0 Å². The first-order valence-corrected chi connectivity index (χ1v) is 7.02. The summed E-state index contributed by atoms with van der Waals surface area (Å²) in [5, 5.41) is 8.98. The molecule has 1 aromatic rings. The molecule has 1 aliphatic heterocycles. The summed E-state index contributed by atoms with van der Waals surface area (Å²) in [6.07, 6.45) is 2.80. The number of carboxylic acid groups (broad SMARTS) is 1. The third-order valence-electron chi connectivity index (χ3n) is 3.71. The Hall–Kier alpha value is -1.65. The monoisotopic (exact) mass is 274 g/mol. The van der Waals surface area contributed by atoms with Crippen LogP contribution in [0.4, 0.5) is 0 Å². The van der Waals surface area contributed by atoms with Crippen LogP contribution in [0.2, 0.25) is 0 Å². The summed E-state index contributed by atoms with van der Waals surface area (Å²) in [6, 6.07) is 10.7. The van der Waals surface area contributed by atoms with Crippen molar-refractivity contribution < 1.29 is 9.90 Å². The molecule has 0 amide bonds. The Morgan fingerprint density at radius 1 is 1.45 bits per heavy atom. The Labute approximate surface area is 120 Å². The van der Waals surface area contributed by atoms with Gasteiger partial charge in [-0.2, -0.15) is 0 Å². The fourth-order valence-corrected chi connectivity index (χ4v) is 2.78. The minimum Gasteiger partial charge on any atom is -0.480 e. The summed E-state index contributed by atoms with van der Waals surface area (Å²) in [6.45, 7) is 7.33. The molecule has 1 unspecified atom stereocenters. The molecule has 1 atom stereocenters. The molecule has 0 aliphatic carbocycles. The van der Waals surface area contributed by atoms with Gasteiger partial charge in [0, 0.05) is 32.2 Å². The lowest BCUT2D eigenvalue weighted by Crippen LogP contribution is -2.40. The molecule has 0 radical (unpaired) electrons. The molecule has 0 spiro atoms. The molecular formula is C16H22N2O2. The van der Waals surface area contributed by atoms with Gasteiger partial charge in [-0.15, -0.1) is 6.58 Å². The molecule has 1 saturated heterocycles. The summed E-state index contributed by atoms with van der Waals surface area (Å²) < 4.78 is 0. The van der Waals surface area contributed by atoms with Gasteiger partial charge >= 0.3 is 5.97 Å². The van der Waals surface area contributed by atoms with Gasteiger partial charge in [0.1, 0.15) is 0 Å². The topological polar surface area (TPSA) is 43.8 Å². The predicted molar refractivity (Wildman–Crippen MR) is 79.5 cm³/mol. The first-order valence-electron chi connectivity index (χ1n) is 7.02. The fraction of sp³-hybridized carbons (Fsp3) is 0.438. The Kier molecular flexibility index (Phi) is 5.32. The number of likely N-dealkylation sites (tertiary alicyclic amines) is 1. The zero-order valence-corrected chi connectivity index (χ0v) is 11.7. The van der Waals surface area contributed by atoms with Gasteiger partial charge in [-0.1, -0.05) is 36.4 Å². The summed E-state index contributed by atoms with van der Waals surface area (Å²) in [7, 11) is 0. The van der Waals surface area contributed by atoms with E-state index < -0.39 is 5.97 Å². The van der Waals surface area contributed by atoms with Gasteiger partial charge in [0.2, 0.25) is 0 Å². The van der Waals surface area contributed by atoms with Gasteiger partial charge in [-0.3, -0.25) is 14.6 Å². The van der Waals surface area contributed by atoms with Crippen LogP contribution in [0.1, 0.15) is 12.0 Å². The van der Waals surface area contributed by atoms with Crippen LogP contribution in [0.15, 0.2) is 43.0 Å². The van der Waals surface area contributed by atoms with Gasteiger partial charge in [-0.25, -0.2) is 0 Å². The Morgan fingerprint density at radius 3 is 2.85 bits per heavy atom. The average molecular weight is 274 g/mol. The highest BCUT2D eigenvalue weighted by atomic mass is 16.4. The lowest BCUT2D eigenvalue weighted by atomic mass is 10.2. The number of hydrogen-bond donors (Lipinski definition) is 1. The Balaban J connectivity index is 1.89. The molecule has 1 heterocycles. The number of carboxylic acids is 1. The molecule has 4 heteroatoms. The van der Waals surface area contributed by atoms with Crippen molar-refractivity contribution in [2.24, 2.45) is 0 Å². The van der Waals surface area contributed by atoms with E-state index in [0.29, 0.717) is 12.6 Å². The molecule has 1 aromatic carbocycles. The fourth-order valence-electron chi connectivity index (χ4n) is 2.78. The van der Waals surface area contributed by atoms with Crippen molar-refractivity contribution in [3.63, 3.8) is 0 Å². The van der Waals surface area contributed by atoms with E-state index in [4.69, 9.17) is 5.11 Å². The highest BCUT2D eigenvalue weighted by Crippen LogP contribution is 2.18. The number of rotatable bonds is 7. The maximum absolute atomic E-state index is 10.9. The molecule has 4 nitrogen and oxygen atoms in total. The molecule has 0 bridgehead atoms. The van der Waals surface area contributed by atoms with Crippen molar-refractivity contribution >= 4 is 5.97 Å². The van der Waals surface area contributed by atoms with Crippen LogP contribution in [0.5, 0.6) is 0 Å². The second-order valence-corrected chi connectivity index (χ2v) is 5.28. The minimum atomic E-state index is -0.770. The summed E-state index contributed by atoms with van der Waals surface area (Å²) in [5.74, 6) is -0.770. The first kappa shape index (κ1) is 14.8. The summed E-state index contributed by atoms with van der Waals surface area (Å²) in [5.41, 5.74) is 1.31. The van der Waals surface area contributed by atoms with E-state index in [1.807, 2.05) is 11.0 Å². The number of nitrogens with zero attached hydrogens (tertiary/aromatic N) is 2. The Morgan fingerprint density at radius 2 is 2.20 bits per heavy atom. The third kappa shape index (κ3) is 4.18. The van der Waals surface area contributed by atoms with E-state index in [-0.39, 0.29) is 6.54 Å². The lowest BCUT2D eigenvalue weighted by Gasteiger charge is -2.26. The molecule has 0 aromatic heterocycles. The van der Waals surface area contributed by atoms with Crippen molar-refractivity contribution in [2.45, 2.75) is 19.0 Å². The highest BCUT2D eigenvalue weighted by molar-refractivity contribution is 5.69. The van der Waals surface area contributed by atoms with Gasteiger partial charge in [0.25, 0.3) is 0 Å². The molecule has 0 saturated carbocycles. The normalized spacial score (nSPS) is 19.4. The van der Waals surface area contributed by atoms with E-state index in [1.54, 1.807) is 6.08 Å². The molecule has 1 N–H and O–H groups in total. The van der Waals surface area contributed by atoms with Crippen molar-refractivity contribution in [1.82, 2.24) is 9.80 Å². The SMILES string of the molecule is C=CCN(CC(=O)O)C1CCN(Cc2ccccc2)C1. The van der Waals surface area contributed by atoms with Crippen LogP contribution in [0, 0.1) is 0 Å². The number of benzene rings is 1. The number of carbonyl (C=O) groups is 1. The van der Waals surface area contributed by atoms with Gasteiger partial charge in [0.05, 0.1) is 6.54 Å². The predicted octanol–water partition coefficient (Wildman–Crippen LogP) is 1.83. The van der Waals surface area contributed by atoms with Crippen LogP contribution in [0.3, 0.4) is 0 Å². The first-order chi connectivity index (χ1) is 9.69. The van der Waals surface area contributed by atoms with Crippen LogP contribution in [-0.2, 0) is 11.3 Å². The second-order valence-electron chi connectivity index (χ2n) is 5.28. The van der Waals surface area contributed by atoms with Crippen LogP contribution >= 0.6 is 0 Å². The summed E-state index contributed by atoms with van der Waals surface area (Å²) in [4.78, 5) is 15.3. The third-order valence-corrected chi connectivity index (χ3v) is 3.71. The number of aliphatic carboxylic acids is 1. The maximum atomic E-state index is 10.9. The van der Waals surface area contributed by atoms with Crippen molar-refractivity contribution in [2.75, 3.05) is 26.2 Å². The van der Waals surface area contributed by atoms with Crippen molar-refractivity contribution in [1.29, 1.82) is 0 Å². The van der Waals surface area contributed by atoms with E-state index >= 15 is 0 Å². The number of hydrogen-bond acceptors (Lipinski definition) is 3. The average Bonchev–Trinajstić information content (AvgIpc) is 2.87. The van der Waals surface area contributed by atoms with E-state index in [0.717, 1.165) is 26.1 Å². The highest BCUT2D eigenvalue weighted by Gasteiger charge is 2.28. The van der Waals surface area contributed by atoms with E-state index in [1.165, 1.54) is 5.56 Å². The van der Waals surface area contributed by atoms with Crippen LogP contribution in [-0.4, -0.2) is 53.1 Å². The largest absolute Gasteiger partial charge is 0.480 e. The zero-order valence-electron chi connectivity index (χ0n) is 11.7. The lowest BCUT2D eigenvalue weighted by molar-refractivity contribution is -0.138.